The molecule has 2 N–H and O–H groups in total. The zero-order valence-corrected chi connectivity index (χ0v) is 9.95. The van der Waals surface area contributed by atoms with Crippen LogP contribution in [-0.2, 0) is 9.59 Å². The van der Waals surface area contributed by atoms with Gasteiger partial charge < -0.3 is 15.3 Å². The van der Waals surface area contributed by atoms with Gasteiger partial charge in [0.05, 0.1) is 18.5 Å². The Hall–Kier alpha value is -1.10. The molecule has 0 spiro atoms. The molecule has 1 rings (SSSR count). The van der Waals surface area contributed by atoms with Gasteiger partial charge in [0.1, 0.15) is 0 Å². The molecule has 0 aliphatic heterocycles. The Labute approximate surface area is 95.8 Å². The SMILES string of the molecule is CN(C)CC(=O)NC1(CC(=O)O)CCCC1. The van der Waals surface area contributed by atoms with Crippen LogP contribution in [0.4, 0.5) is 0 Å². The molecule has 5 nitrogen and oxygen atoms in total. The Morgan fingerprint density at radius 2 is 1.88 bits per heavy atom. The zero-order valence-electron chi connectivity index (χ0n) is 9.95. The van der Waals surface area contributed by atoms with Crippen molar-refractivity contribution in [1.82, 2.24) is 10.2 Å². The second kappa shape index (κ2) is 5.30. The van der Waals surface area contributed by atoms with Crippen LogP contribution in [0.3, 0.4) is 0 Å². The van der Waals surface area contributed by atoms with Crippen molar-refractivity contribution < 1.29 is 14.7 Å². The molecule has 1 aliphatic rings. The molecule has 0 aromatic heterocycles. The van der Waals surface area contributed by atoms with Crippen LogP contribution in [0.1, 0.15) is 32.1 Å². The third kappa shape index (κ3) is 3.81. The van der Waals surface area contributed by atoms with E-state index in [0.717, 1.165) is 25.7 Å². The second-order valence-electron chi connectivity index (χ2n) is 4.84. The molecule has 0 aromatic carbocycles. The lowest BCUT2D eigenvalue weighted by atomic mass is 9.93. The van der Waals surface area contributed by atoms with Gasteiger partial charge in [0, 0.05) is 0 Å². The standard InChI is InChI=1S/C11H20N2O3/c1-13(2)8-9(14)12-11(7-10(15)16)5-3-4-6-11/h3-8H2,1-2H3,(H,12,14)(H,15,16). The normalized spacial score (nSPS) is 18.7. The highest BCUT2D eigenvalue weighted by Gasteiger charge is 2.37. The summed E-state index contributed by atoms with van der Waals surface area (Å²) < 4.78 is 0. The largest absolute Gasteiger partial charge is 0.481 e. The maximum Gasteiger partial charge on any atom is 0.305 e. The maximum absolute atomic E-state index is 11.7. The van der Waals surface area contributed by atoms with E-state index in [1.165, 1.54) is 0 Å². The highest BCUT2D eigenvalue weighted by molar-refractivity contribution is 5.80. The summed E-state index contributed by atoms with van der Waals surface area (Å²) in [5.41, 5.74) is -0.501. The number of hydrogen-bond donors (Lipinski definition) is 2. The molecule has 0 heterocycles. The monoisotopic (exact) mass is 228 g/mol. The highest BCUT2D eigenvalue weighted by atomic mass is 16.4. The number of amides is 1. The van der Waals surface area contributed by atoms with Gasteiger partial charge in [0.2, 0.25) is 5.91 Å². The van der Waals surface area contributed by atoms with E-state index in [1.807, 2.05) is 14.1 Å². The minimum absolute atomic E-state index is 0.0339. The molecule has 1 amide bonds. The lowest BCUT2D eigenvalue weighted by Gasteiger charge is -2.29. The molecule has 0 unspecified atom stereocenters. The molecule has 0 bridgehead atoms. The first-order valence-electron chi connectivity index (χ1n) is 5.61. The fourth-order valence-electron chi connectivity index (χ4n) is 2.31. The summed E-state index contributed by atoms with van der Waals surface area (Å²) in [7, 11) is 3.64. The van der Waals surface area contributed by atoms with Gasteiger partial charge in [-0.1, -0.05) is 12.8 Å². The number of rotatable bonds is 5. The molecular formula is C11H20N2O3. The van der Waals surface area contributed by atoms with Gasteiger partial charge in [0.15, 0.2) is 0 Å². The van der Waals surface area contributed by atoms with Crippen molar-refractivity contribution in [1.29, 1.82) is 0 Å². The number of nitrogens with one attached hydrogen (secondary N) is 1. The quantitative estimate of drug-likeness (QED) is 0.717. The third-order valence-electron chi connectivity index (χ3n) is 2.91. The number of nitrogens with zero attached hydrogens (tertiary/aromatic N) is 1. The van der Waals surface area contributed by atoms with Gasteiger partial charge in [-0.25, -0.2) is 0 Å². The van der Waals surface area contributed by atoms with Crippen molar-refractivity contribution in [2.75, 3.05) is 20.6 Å². The predicted molar refractivity (Wildman–Crippen MR) is 60.1 cm³/mol. The summed E-state index contributed by atoms with van der Waals surface area (Å²) in [5.74, 6) is -0.930. The van der Waals surface area contributed by atoms with E-state index < -0.39 is 11.5 Å². The number of carbonyl (C=O) groups excluding carboxylic acids is 1. The van der Waals surface area contributed by atoms with Gasteiger partial charge in [-0.05, 0) is 26.9 Å². The Morgan fingerprint density at radius 3 is 2.31 bits per heavy atom. The summed E-state index contributed by atoms with van der Waals surface area (Å²) in [6.07, 6.45) is 3.58. The van der Waals surface area contributed by atoms with E-state index in [2.05, 4.69) is 5.32 Å². The lowest BCUT2D eigenvalue weighted by molar-refractivity contribution is -0.139. The molecule has 1 aliphatic carbocycles. The Kier molecular flexibility index (Phi) is 4.29. The molecule has 92 valence electrons. The van der Waals surface area contributed by atoms with Crippen LogP contribution in [0.5, 0.6) is 0 Å². The number of hydrogen-bond acceptors (Lipinski definition) is 3. The smallest absolute Gasteiger partial charge is 0.305 e. The first kappa shape index (κ1) is 13.0. The van der Waals surface area contributed by atoms with E-state index in [4.69, 9.17) is 5.11 Å². The summed E-state index contributed by atoms with van der Waals surface area (Å²) in [6, 6.07) is 0. The first-order valence-corrected chi connectivity index (χ1v) is 5.61. The molecule has 0 saturated heterocycles. The Bertz CT molecular complexity index is 270. The van der Waals surface area contributed by atoms with Crippen LogP contribution in [0.25, 0.3) is 0 Å². The van der Waals surface area contributed by atoms with Crippen molar-refractivity contribution in [2.45, 2.75) is 37.6 Å². The number of carbonyl (C=O) groups is 2. The number of carboxylic acids is 1. The molecule has 1 fully saturated rings. The third-order valence-corrected chi connectivity index (χ3v) is 2.91. The van der Waals surface area contributed by atoms with E-state index in [9.17, 15) is 9.59 Å². The fourth-order valence-corrected chi connectivity index (χ4v) is 2.31. The molecule has 0 aromatic rings. The minimum atomic E-state index is -0.841. The van der Waals surface area contributed by atoms with E-state index in [-0.39, 0.29) is 12.3 Å². The van der Waals surface area contributed by atoms with Gasteiger partial charge in [-0.2, -0.15) is 0 Å². The number of carboxylic acid groups (broad SMARTS) is 1. The van der Waals surface area contributed by atoms with Gasteiger partial charge in [0.25, 0.3) is 0 Å². The van der Waals surface area contributed by atoms with Crippen molar-refractivity contribution >= 4 is 11.9 Å². The molecular weight excluding hydrogens is 208 g/mol. The van der Waals surface area contributed by atoms with Crippen LogP contribution >= 0.6 is 0 Å². The summed E-state index contributed by atoms with van der Waals surface area (Å²) in [5, 5.41) is 11.8. The predicted octanol–water partition coefficient (Wildman–Crippen LogP) is 0.452. The fraction of sp³-hybridized carbons (Fsp3) is 0.818. The first-order chi connectivity index (χ1) is 7.43. The molecule has 0 radical (unpaired) electrons. The van der Waals surface area contributed by atoms with Crippen molar-refractivity contribution in [3.05, 3.63) is 0 Å². The summed E-state index contributed by atoms with van der Waals surface area (Å²) >= 11 is 0. The number of likely N-dealkylation sites (N-methyl/N-ethyl adjacent to an activating group) is 1. The number of aliphatic carboxylic acids is 1. The van der Waals surface area contributed by atoms with Crippen LogP contribution in [0.2, 0.25) is 0 Å². The van der Waals surface area contributed by atoms with Crippen molar-refractivity contribution in [2.24, 2.45) is 0 Å². The van der Waals surface area contributed by atoms with E-state index >= 15 is 0 Å². The van der Waals surface area contributed by atoms with Crippen LogP contribution in [-0.4, -0.2) is 48.1 Å². The van der Waals surface area contributed by atoms with Gasteiger partial charge in [-0.3, -0.25) is 9.59 Å². The van der Waals surface area contributed by atoms with Crippen LogP contribution < -0.4 is 5.32 Å². The minimum Gasteiger partial charge on any atom is -0.481 e. The summed E-state index contributed by atoms with van der Waals surface area (Å²) in [4.78, 5) is 24.2. The van der Waals surface area contributed by atoms with Crippen LogP contribution in [0.15, 0.2) is 0 Å². The molecule has 16 heavy (non-hydrogen) atoms. The summed E-state index contributed by atoms with van der Waals surface area (Å²) in [6.45, 7) is 0.307. The molecule has 1 saturated carbocycles. The molecule has 5 heteroatoms. The Balaban J connectivity index is 2.57. The maximum atomic E-state index is 11.7. The molecule has 0 atom stereocenters. The van der Waals surface area contributed by atoms with E-state index in [1.54, 1.807) is 4.90 Å². The highest BCUT2D eigenvalue weighted by Crippen LogP contribution is 2.32. The van der Waals surface area contributed by atoms with Crippen molar-refractivity contribution in [3.63, 3.8) is 0 Å². The van der Waals surface area contributed by atoms with Crippen LogP contribution in [0, 0.1) is 0 Å². The second-order valence-corrected chi connectivity index (χ2v) is 4.84. The average molecular weight is 228 g/mol. The zero-order chi connectivity index (χ0) is 12.2. The topological polar surface area (TPSA) is 69.6 Å². The van der Waals surface area contributed by atoms with Crippen molar-refractivity contribution in [3.8, 4) is 0 Å². The van der Waals surface area contributed by atoms with Gasteiger partial charge >= 0.3 is 5.97 Å². The van der Waals surface area contributed by atoms with Gasteiger partial charge in [-0.15, -0.1) is 0 Å². The lowest BCUT2D eigenvalue weighted by Crippen LogP contribution is -2.50. The average Bonchev–Trinajstić information content (AvgIpc) is 2.49. The Morgan fingerprint density at radius 1 is 1.31 bits per heavy atom. The van der Waals surface area contributed by atoms with E-state index in [0.29, 0.717) is 6.54 Å².